The maximum Gasteiger partial charge on any atom is 0.339 e. The highest BCUT2D eigenvalue weighted by Crippen LogP contribution is 2.32. The molecular formula is C25H23N3O3. The predicted octanol–water partition coefficient (Wildman–Crippen LogP) is 4.42. The summed E-state index contributed by atoms with van der Waals surface area (Å²) in [6.45, 7) is 3.69. The maximum absolute atomic E-state index is 13.2. The van der Waals surface area contributed by atoms with E-state index in [9.17, 15) is 14.9 Å². The van der Waals surface area contributed by atoms with Gasteiger partial charge >= 0.3 is 5.97 Å². The molecule has 1 amide bonds. The molecule has 2 aromatic carbocycles. The molecule has 0 unspecified atom stereocenters. The molecule has 1 N–H and O–H groups in total. The van der Waals surface area contributed by atoms with Crippen molar-refractivity contribution in [2.45, 2.75) is 39.2 Å². The van der Waals surface area contributed by atoms with E-state index in [1.807, 2.05) is 30.3 Å². The molecule has 1 aromatic heterocycles. The number of rotatable bonds is 4. The molecule has 6 heteroatoms. The number of benzene rings is 2. The highest BCUT2D eigenvalue weighted by atomic mass is 16.5. The molecule has 0 saturated carbocycles. The van der Waals surface area contributed by atoms with Gasteiger partial charge in [-0.15, -0.1) is 0 Å². The first kappa shape index (κ1) is 20.5. The van der Waals surface area contributed by atoms with Crippen LogP contribution in [0.15, 0.2) is 48.5 Å². The number of nitrogens with zero attached hydrogens (tertiary/aromatic N) is 2. The third-order valence-corrected chi connectivity index (χ3v) is 5.67. The average Bonchev–Trinajstić information content (AvgIpc) is 2.77. The molecule has 0 fully saturated rings. The van der Waals surface area contributed by atoms with Crippen molar-refractivity contribution in [3.63, 3.8) is 0 Å². The van der Waals surface area contributed by atoms with E-state index in [4.69, 9.17) is 9.72 Å². The van der Waals surface area contributed by atoms with E-state index in [-0.39, 0.29) is 0 Å². The summed E-state index contributed by atoms with van der Waals surface area (Å²) in [4.78, 5) is 30.7. The molecule has 1 aliphatic carbocycles. The van der Waals surface area contributed by atoms with Gasteiger partial charge in [0.1, 0.15) is 6.07 Å². The summed E-state index contributed by atoms with van der Waals surface area (Å²) in [6.07, 6.45) is 1.59. The zero-order valence-electron chi connectivity index (χ0n) is 17.5. The number of pyridine rings is 1. The summed E-state index contributed by atoms with van der Waals surface area (Å²) in [6, 6.07) is 16.3. The maximum atomic E-state index is 13.2. The number of amides is 1. The summed E-state index contributed by atoms with van der Waals surface area (Å²) in [5.41, 5.74) is 3.84. The Balaban J connectivity index is 1.62. The smallest absolute Gasteiger partial charge is 0.339 e. The van der Waals surface area contributed by atoms with Gasteiger partial charge in [0.25, 0.3) is 5.91 Å². The van der Waals surface area contributed by atoms with Crippen LogP contribution in [0, 0.1) is 17.2 Å². The van der Waals surface area contributed by atoms with Gasteiger partial charge in [-0.2, -0.15) is 5.26 Å². The number of nitriles is 1. The van der Waals surface area contributed by atoms with Gasteiger partial charge in [-0.05, 0) is 55.9 Å². The Morgan fingerprint density at radius 3 is 2.74 bits per heavy atom. The molecule has 1 heterocycles. The molecule has 1 aliphatic rings. The number of hydrogen-bond acceptors (Lipinski definition) is 5. The third-order valence-electron chi connectivity index (χ3n) is 5.67. The number of anilines is 1. The summed E-state index contributed by atoms with van der Waals surface area (Å²) in [7, 11) is 0. The standard InChI is InChI=1S/C25H23N3O3/c1-15-11-12-22-19(13-15)23(18-8-4-6-10-21(18)27-22)25(30)31-16(2)24(29)28-20-9-5-3-7-17(20)14-26/h3-10,15-16H,11-13H2,1-2H3,(H,28,29)/t15-,16-/m0/s1. The lowest BCUT2D eigenvalue weighted by Gasteiger charge is -2.24. The topological polar surface area (TPSA) is 92.1 Å². The minimum atomic E-state index is -1.03. The van der Waals surface area contributed by atoms with E-state index >= 15 is 0 Å². The van der Waals surface area contributed by atoms with Crippen LogP contribution in [-0.4, -0.2) is 23.0 Å². The van der Waals surface area contributed by atoms with Gasteiger partial charge < -0.3 is 10.1 Å². The van der Waals surface area contributed by atoms with E-state index in [0.29, 0.717) is 22.7 Å². The van der Waals surface area contributed by atoms with Crippen LogP contribution in [-0.2, 0) is 22.4 Å². The Hall–Kier alpha value is -3.72. The first-order valence-electron chi connectivity index (χ1n) is 10.4. The van der Waals surface area contributed by atoms with E-state index in [1.54, 1.807) is 24.3 Å². The summed E-state index contributed by atoms with van der Waals surface area (Å²) < 4.78 is 5.59. The number of carbonyl (C=O) groups is 2. The number of para-hydroxylation sites is 2. The van der Waals surface area contributed by atoms with Crippen molar-refractivity contribution in [3.8, 4) is 6.07 Å². The Bertz CT molecular complexity index is 1210. The number of fused-ring (bicyclic) bond motifs is 2. The van der Waals surface area contributed by atoms with E-state index in [1.165, 1.54) is 6.92 Å². The third kappa shape index (κ3) is 4.13. The molecule has 4 rings (SSSR count). The fourth-order valence-corrected chi connectivity index (χ4v) is 3.99. The van der Waals surface area contributed by atoms with Crippen LogP contribution in [0.3, 0.4) is 0 Å². The molecule has 6 nitrogen and oxygen atoms in total. The summed E-state index contributed by atoms with van der Waals surface area (Å²) in [5, 5.41) is 12.6. The van der Waals surface area contributed by atoms with Crippen molar-refractivity contribution in [3.05, 3.63) is 70.9 Å². The largest absolute Gasteiger partial charge is 0.449 e. The van der Waals surface area contributed by atoms with Crippen molar-refractivity contribution < 1.29 is 14.3 Å². The molecule has 0 radical (unpaired) electrons. The van der Waals surface area contributed by atoms with Gasteiger partial charge in [-0.1, -0.05) is 37.3 Å². The number of aryl methyl sites for hydroxylation is 1. The first-order chi connectivity index (χ1) is 15.0. The van der Waals surface area contributed by atoms with E-state index in [2.05, 4.69) is 12.2 Å². The second kappa shape index (κ2) is 8.57. The Morgan fingerprint density at radius 1 is 1.19 bits per heavy atom. The Labute approximate surface area is 180 Å². The van der Waals surface area contributed by atoms with Gasteiger partial charge in [0.05, 0.1) is 22.3 Å². The second-order valence-electron chi connectivity index (χ2n) is 7.97. The Kier molecular flexibility index (Phi) is 5.68. The minimum absolute atomic E-state index is 0.345. The predicted molar refractivity (Wildman–Crippen MR) is 118 cm³/mol. The quantitative estimate of drug-likeness (QED) is 0.640. The number of esters is 1. The van der Waals surface area contributed by atoms with Crippen LogP contribution in [0.5, 0.6) is 0 Å². The van der Waals surface area contributed by atoms with Crippen molar-refractivity contribution in [1.29, 1.82) is 5.26 Å². The normalized spacial score (nSPS) is 16.1. The van der Waals surface area contributed by atoms with Crippen molar-refractivity contribution >= 4 is 28.5 Å². The van der Waals surface area contributed by atoms with Crippen molar-refractivity contribution in [2.75, 3.05) is 5.32 Å². The molecule has 2 atom stereocenters. The van der Waals surface area contributed by atoms with Crippen LogP contribution < -0.4 is 5.32 Å². The number of carbonyl (C=O) groups excluding carboxylic acids is 2. The molecule has 3 aromatic rings. The van der Waals surface area contributed by atoms with E-state index < -0.39 is 18.0 Å². The highest BCUT2D eigenvalue weighted by molar-refractivity contribution is 6.06. The van der Waals surface area contributed by atoms with Crippen LogP contribution >= 0.6 is 0 Å². The van der Waals surface area contributed by atoms with Gasteiger partial charge in [0.15, 0.2) is 6.10 Å². The lowest BCUT2D eigenvalue weighted by Crippen LogP contribution is -2.31. The fourth-order valence-electron chi connectivity index (χ4n) is 3.99. The van der Waals surface area contributed by atoms with Gasteiger partial charge in [-0.3, -0.25) is 9.78 Å². The van der Waals surface area contributed by atoms with Gasteiger partial charge in [0, 0.05) is 11.1 Å². The summed E-state index contributed by atoms with van der Waals surface area (Å²) >= 11 is 0. The monoisotopic (exact) mass is 413 g/mol. The van der Waals surface area contributed by atoms with Gasteiger partial charge in [0.2, 0.25) is 0 Å². The average molecular weight is 413 g/mol. The van der Waals surface area contributed by atoms with Crippen LogP contribution in [0.25, 0.3) is 10.9 Å². The van der Waals surface area contributed by atoms with Crippen LogP contribution in [0.1, 0.15) is 47.4 Å². The molecule has 0 saturated heterocycles. The molecule has 31 heavy (non-hydrogen) atoms. The molecule has 156 valence electrons. The number of ether oxygens (including phenoxy) is 1. The van der Waals surface area contributed by atoms with E-state index in [0.717, 1.165) is 41.4 Å². The van der Waals surface area contributed by atoms with Crippen molar-refractivity contribution in [1.82, 2.24) is 4.98 Å². The first-order valence-corrected chi connectivity index (χ1v) is 10.4. The molecular weight excluding hydrogens is 390 g/mol. The molecule has 0 aliphatic heterocycles. The Morgan fingerprint density at radius 2 is 1.94 bits per heavy atom. The molecule has 0 spiro atoms. The van der Waals surface area contributed by atoms with Gasteiger partial charge in [-0.25, -0.2) is 4.79 Å². The highest BCUT2D eigenvalue weighted by Gasteiger charge is 2.28. The zero-order valence-corrected chi connectivity index (χ0v) is 17.5. The summed E-state index contributed by atoms with van der Waals surface area (Å²) in [5.74, 6) is -0.568. The lowest BCUT2D eigenvalue weighted by molar-refractivity contribution is -0.123. The minimum Gasteiger partial charge on any atom is -0.449 e. The number of hydrogen-bond donors (Lipinski definition) is 1. The van der Waals surface area contributed by atoms with Crippen LogP contribution in [0.4, 0.5) is 5.69 Å². The van der Waals surface area contributed by atoms with Crippen molar-refractivity contribution in [2.24, 2.45) is 5.92 Å². The number of aromatic nitrogens is 1. The number of nitrogens with one attached hydrogen (secondary N) is 1. The lowest BCUT2D eigenvalue weighted by atomic mass is 9.84. The second-order valence-corrected chi connectivity index (χ2v) is 7.97. The fraction of sp³-hybridized carbons (Fsp3) is 0.280. The van der Waals surface area contributed by atoms with Crippen LogP contribution in [0.2, 0.25) is 0 Å². The zero-order chi connectivity index (χ0) is 22.0. The molecule has 0 bridgehead atoms. The SMILES string of the molecule is C[C@H]1CCc2nc3ccccc3c(C(=O)O[C@@H](C)C(=O)Nc3ccccc3C#N)c2C1.